The van der Waals surface area contributed by atoms with Crippen molar-refractivity contribution >= 4 is 17.5 Å². The van der Waals surface area contributed by atoms with Crippen LogP contribution in [0.2, 0.25) is 0 Å². The molecule has 1 atom stereocenters. The summed E-state index contributed by atoms with van der Waals surface area (Å²) >= 11 is 0. The van der Waals surface area contributed by atoms with E-state index in [0.29, 0.717) is 24.3 Å². The van der Waals surface area contributed by atoms with Crippen LogP contribution in [0.15, 0.2) is 59.7 Å². The number of pyridine rings is 1. The quantitative estimate of drug-likeness (QED) is 0.454. The predicted octanol–water partition coefficient (Wildman–Crippen LogP) is 0.255. The molecule has 0 bridgehead atoms. The summed E-state index contributed by atoms with van der Waals surface area (Å²) in [6.07, 6.45) is 6.98. The van der Waals surface area contributed by atoms with Gasteiger partial charge in [0.2, 0.25) is 5.91 Å². The highest BCUT2D eigenvalue weighted by Gasteiger charge is 2.33. The number of β-amino-alcohol motifs (C(OH)–C–C–N with tert-alkyl or cyclic N) is 1. The zero-order chi connectivity index (χ0) is 21.5. The summed E-state index contributed by atoms with van der Waals surface area (Å²) < 4.78 is 5.75. The number of aliphatic hydroxyl groups excluding tert-OH is 1. The second kappa shape index (κ2) is 9.84. The molecule has 0 spiro atoms. The third kappa shape index (κ3) is 4.93. The molecule has 1 aromatic rings. The van der Waals surface area contributed by atoms with Crippen LogP contribution in [0.5, 0.6) is 0 Å². The maximum Gasteiger partial charge on any atom is 0.268 e. The van der Waals surface area contributed by atoms with Crippen LogP contribution in [-0.2, 0) is 20.9 Å². The Labute approximate surface area is 174 Å². The smallest absolute Gasteiger partial charge is 0.268 e. The van der Waals surface area contributed by atoms with Crippen LogP contribution < -0.4 is 10.6 Å². The fraction of sp³-hybridized carbons (Fsp3) is 0.333. The molecule has 0 saturated carbocycles. The van der Waals surface area contributed by atoms with Crippen molar-refractivity contribution in [3.8, 4) is 0 Å². The first-order valence-corrected chi connectivity index (χ1v) is 9.67. The Kier molecular flexibility index (Phi) is 6.97. The van der Waals surface area contributed by atoms with Gasteiger partial charge in [-0.15, -0.1) is 0 Å². The van der Waals surface area contributed by atoms with Gasteiger partial charge in [0, 0.05) is 31.9 Å². The van der Waals surface area contributed by atoms with E-state index in [1.54, 1.807) is 31.5 Å². The maximum absolute atomic E-state index is 12.8. The number of hydrogen-bond acceptors (Lipinski definition) is 7. The van der Waals surface area contributed by atoms with Crippen LogP contribution in [-0.4, -0.2) is 65.3 Å². The first-order valence-electron chi connectivity index (χ1n) is 9.67. The molecular weight excluding hydrogens is 386 g/mol. The Morgan fingerprint density at radius 1 is 1.40 bits per heavy atom. The summed E-state index contributed by atoms with van der Waals surface area (Å²) in [5.74, 6) is -0.193. The van der Waals surface area contributed by atoms with Gasteiger partial charge in [0.1, 0.15) is 24.1 Å². The fourth-order valence-corrected chi connectivity index (χ4v) is 3.28. The highest BCUT2D eigenvalue weighted by Crippen LogP contribution is 2.19. The lowest BCUT2D eigenvalue weighted by atomic mass is 10.0. The van der Waals surface area contributed by atoms with Gasteiger partial charge in [-0.05, 0) is 36.8 Å². The summed E-state index contributed by atoms with van der Waals surface area (Å²) in [6.45, 7) is 0.879. The minimum atomic E-state index is -0.648. The van der Waals surface area contributed by atoms with E-state index in [0.717, 1.165) is 5.69 Å². The molecule has 2 amide bonds. The van der Waals surface area contributed by atoms with E-state index in [9.17, 15) is 9.59 Å². The van der Waals surface area contributed by atoms with E-state index in [4.69, 9.17) is 15.3 Å². The summed E-state index contributed by atoms with van der Waals surface area (Å²) in [4.78, 5) is 30.9. The molecule has 9 nitrogen and oxygen atoms in total. The van der Waals surface area contributed by atoms with Crippen molar-refractivity contribution in [1.29, 1.82) is 5.41 Å². The van der Waals surface area contributed by atoms with Crippen molar-refractivity contribution in [2.45, 2.75) is 19.1 Å². The van der Waals surface area contributed by atoms with E-state index in [1.165, 1.54) is 4.90 Å². The standard InChI is InChI=1S/C21H25N5O4/c1-23-19(20(28)25-18-7-9-26(10-11-27)21(18)29)16-12-15(5-6-17(16)22)30-13-14-4-2-3-8-24-14/h2-6,8,12,18,22-23,27H,7,9-11,13H2,1H3,(H,25,28)/b19-16-,22-17?/t18-/m1/s1. The number of aliphatic hydroxyl groups is 1. The Morgan fingerprint density at radius 2 is 2.23 bits per heavy atom. The van der Waals surface area contributed by atoms with Gasteiger partial charge in [0.25, 0.3) is 5.91 Å². The Balaban J connectivity index is 1.73. The number of carbonyl (C=O) groups excluding carboxylic acids is 2. The number of nitrogens with zero attached hydrogens (tertiary/aromatic N) is 2. The van der Waals surface area contributed by atoms with Crippen LogP contribution >= 0.6 is 0 Å². The average Bonchev–Trinajstić information content (AvgIpc) is 3.09. The predicted molar refractivity (Wildman–Crippen MR) is 110 cm³/mol. The van der Waals surface area contributed by atoms with E-state index in [2.05, 4.69) is 15.6 Å². The third-order valence-corrected chi connectivity index (χ3v) is 4.82. The molecule has 0 radical (unpaired) electrons. The fourth-order valence-electron chi connectivity index (χ4n) is 3.28. The molecule has 2 heterocycles. The Hall–Kier alpha value is -3.46. The molecule has 4 N–H and O–H groups in total. The number of allylic oxidation sites excluding steroid dienone is 4. The minimum absolute atomic E-state index is 0.117. The second-order valence-corrected chi connectivity index (χ2v) is 6.81. The molecular formula is C21H25N5O4. The van der Waals surface area contributed by atoms with Gasteiger partial charge in [-0.1, -0.05) is 6.07 Å². The van der Waals surface area contributed by atoms with Gasteiger partial charge in [-0.25, -0.2) is 0 Å². The number of likely N-dealkylation sites (tertiary alicyclic amines) is 1. The van der Waals surface area contributed by atoms with Crippen molar-refractivity contribution in [2.75, 3.05) is 26.7 Å². The molecule has 1 aliphatic heterocycles. The minimum Gasteiger partial charge on any atom is -0.487 e. The lowest BCUT2D eigenvalue weighted by Crippen LogP contribution is -2.44. The number of likely N-dealkylation sites (N-methyl/N-ethyl adjacent to an activating group) is 1. The molecule has 1 saturated heterocycles. The number of carbonyl (C=O) groups is 2. The SMILES string of the molecule is CN/C(C(=O)N[C@@H]1CCN(CCO)C1=O)=C1/C=C(OCc2ccccn2)C=CC1=N. The number of nitrogens with one attached hydrogen (secondary N) is 3. The number of amides is 2. The summed E-state index contributed by atoms with van der Waals surface area (Å²) in [5.41, 5.74) is 1.46. The van der Waals surface area contributed by atoms with Crippen molar-refractivity contribution < 1.29 is 19.4 Å². The topological polar surface area (TPSA) is 128 Å². The number of ether oxygens (including phenoxy) is 1. The maximum atomic E-state index is 12.8. The second-order valence-electron chi connectivity index (χ2n) is 6.81. The van der Waals surface area contributed by atoms with Crippen LogP contribution in [0.1, 0.15) is 12.1 Å². The number of hydrogen-bond donors (Lipinski definition) is 4. The molecule has 1 fully saturated rings. The molecule has 2 aliphatic rings. The van der Waals surface area contributed by atoms with E-state index in [-0.39, 0.29) is 37.1 Å². The summed E-state index contributed by atoms with van der Waals surface area (Å²) in [7, 11) is 1.59. The summed E-state index contributed by atoms with van der Waals surface area (Å²) in [6, 6.07) is 4.89. The third-order valence-electron chi connectivity index (χ3n) is 4.82. The number of rotatable bonds is 8. The van der Waals surface area contributed by atoms with E-state index in [1.807, 2.05) is 18.2 Å². The number of aromatic nitrogens is 1. The first kappa shape index (κ1) is 21.3. The van der Waals surface area contributed by atoms with Crippen LogP contribution in [0.25, 0.3) is 0 Å². The Bertz CT molecular complexity index is 907. The van der Waals surface area contributed by atoms with Gasteiger partial charge in [0.05, 0.1) is 18.0 Å². The molecule has 158 valence electrons. The van der Waals surface area contributed by atoms with Gasteiger partial charge in [0.15, 0.2) is 0 Å². The molecule has 9 heteroatoms. The van der Waals surface area contributed by atoms with Gasteiger partial charge >= 0.3 is 0 Å². The highest BCUT2D eigenvalue weighted by atomic mass is 16.5. The molecule has 1 aliphatic carbocycles. The molecule has 3 rings (SSSR count). The van der Waals surface area contributed by atoms with Crippen molar-refractivity contribution in [1.82, 2.24) is 20.5 Å². The van der Waals surface area contributed by atoms with Gasteiger partial charge < -0.3 is 30.8 Å². The Morgan fingerprint density at radius 3 is 2.93 bits per heavy atom. The van der Waals surface area contributed by atoms with Gasteiger partial charge in [-0.3, -0.25) is 14.6 Å². The molecule has 0 aromatic carbocycles. The molecule has 1 aromatic heterocycles. The zero-order valence-corrected chi connectivity index (χ0v) is 16.7. The lowest BCUT2D eigenvalue weighted by molar-refractivity contribution is -0.132. The lowest BCUT2D eigenvalue weighted by Gasteiger charge is -2.19. The van der Waals surface area contributed by atoms with Gasteiger partial charge in [-0.2, -0.15) is 0 Å². The van der Waals surface area contributed by atoms with Crippen LogP contribution in [0.4, 0.5) is 0 Å². The normalized spacial score (nSPS) is 20.1. The van der Waals surface area contributed by atoms with Crippen molar-refractivity contribution in [3.63, 3.8) is 0 Å². The van der Waals surface area contributed by atoms with E-state index >= 15 is 0 Å². The van der Waals surface area contributed by atoms with Crippen LogP contribution in [0.3, 0.4) is 0 Å². The monoisotopic (exact) mass is 411 g/mol. The largest absolute Gasteiger partial charge is 0.487 e. The van der Waals surface area contributed by atoms with Crippen molar-refractivity contribution in [3.05, 3.63) is 65.3 Å². The average molecular weight is 411 g/mol. The highest BCUT2D eigenvalue weighted by molar-refractivity contribution is 6.15. The van der Waals surface area contributed by atoms with E-state index < -0.39 is 11.9 Å². The zero-order valence-electron chi connectivity index (χ0n) is 16.7. The molecule has 30 heavy (non-hydrogen) atoms. The van der Waals surface area contributed by atoms with Crippen molar-refractivity contribution in [2.24, 2.45) is 0 Å². The molecule has 0 unspecified atom stereocenters. The first-order chi connectivity index (χ1) is 14.5. The summed E-state index contributed by atoms with van der Waals surface area (Å²) in [5, 5.41) is 22.8. The van der Waals surface area contributed by atoms with Crippen LogP contribution in [0, 0.1) is 5.41 Å².